The van der Waals surface area contributed by atoms with Crippen LogP contribution in [0.15, 0.2) is 40.9 Å². The first-order valence-corrected chi connectivity index (χ1v) is 6.32. The topological polar surface area (TPSA) is 26.0 Å². The zero-order chi connectivity index (χ0) is 13.3. The Balaban J connectivity index is 2.49. The zero-order valence-corrected chi connectivity index (χ0v) is 11.5. The summed E-state index contributed by atoms with van der Waals surface area (Å²) in [4.78, 5) is 0. The van der Waals surface area contributed by atoms with Crippen LogP contribution in [-0.4, -0.2) is 0 Å². The molecule has 1 atom stereocenters. The number of hydrogen-bond donors (Lipinski definition) is 1. The Morgan fingerprint density at radius 3 is 2.28 bits per heavy atom. The van der Waals surface area contributed by atoms with Crippen molar-refractivity contribution in [3.8, 4) is 0 Å². The highest BCUT2D eigenvalue weighted by molar-refractivity contribution is 9.10. The van der Waals surface area contributed by atoms with E-state index < -0.39 is 17.7 Å². The van der Waals surface area contributed by atoms with Crippen LogP contribution in [0.2, 0.25) is 5.02 Å². The normalized spacial score (nSPS) is 12.5. The number of rotatable bonds is 2. The smallest absolute Gasteiger partial charge is 0.145 e. The average molecular weight is 333 g/mol. The molecule has 0 saturated carbocycles. The quantitative estimate of drug-likeness (QED) is 0.809. The van der Waals surface area contributed by atoms with Crippen LogP contribution in [0.25, 0.3) is 0 Å². The van der Waals surface area contributed by atoms with E-state index in [4.69, 9.17) is 17.3 Å². The van der Waals surface area contributed by atoms with Crippen LogP contribution < -0.4 is 5.73 Å². The van der Waals surface area contributed by atoms with Gasteiger partial charge in [0.2, 0.25) is 0 Å². The molecule has 2 aromatic rings. The van der Waals surface area contributed by atoms with E-state index in [0.29, 0.717) is 10.6 Å². The molecule has 18 heavy (non-hydrogen) atoms. The van der Waals surface area contributed by atoms with Gasteiger partial charge < -0.3 is 5.73 Å². The van der Waals surface area contributed by atoms with Crippen LogP contribution in [0.3, 0.4) is 0 Å². The summed E-state index contributed by atoms with van der Waals surface area (Å²) in [6.45, 7) is 0. The maximum Gasteiger partial charge on any atom is 0.145 e. The molecule has 0 aromatic heterocycles. The molecule has 0 aliphatic heterocycles. The second kappa shape index (κ2) is 5.34. The molecule has 5 heteroatoms. The standard InChI is InChI=1S/C13H9BrClF2N/c14-9-5-6-10(16)11(12(9)17)13(18)7-1-3-8(15)4-2-7/h1-6,13H,18H2. The van der Waals surface area contributed by atoms with Gasteiger partial charge in [-0.15, -0.1) is 0 Å². The van der Waals surface area contributed by atoms with Gasteiger partial charge in [-0.3, -0.25) is 0 Å². The number of hydrogen-bond acceptors (Lipinski definition) is 1. The molecule has 1 unspecified atom stereocenters. The molecule has 2 aromatic carbocycles. The molecular formula is C13H9BrClF2N. The summed E-state index contributed by atoms with van der Waals surface area (Å²) in [5.74, 6) is -1.35. The van der Waals surface area contributed by atoms with Crippen LogP contribution in [0.1, 0.15) is 17.2 Å². The second-order valence-electron chi connectivity index (χ2n) is 3.79. The molecule has 0 bridgehead atoms. The molecule has 94 valence electrons. The first kappa shape index (κ1) is 13.5. The number of benzene rings is 2. The number of nitrogens with two attached hydrogens (primary N) is 1. The molecule has 0 heterocycles. The van der Waals surface area contributed by atoms with Crippen LogP contribution >= 0.6 is 27.5 Å². The maximum absolute atomic E-state index is 13.9. The van der Waals surface area contributed by atoms with Crippen LogP contribution in [-0.2, 0) is 0 Å². The first-order valence-electron chi connectivity index (χ1n) is 5.15. The highest BCUT2D eigenvalue weighted by atomic mass is 79.9. The lowest BCUT2D eigenvalue weighted by Gasteiger charge is -2.15. The summed E-state index contributed by atoms with van der Waals surface area (Å²) < 4.78 is 27.7. The predicted molar refractivity (Wildman–Crippen MR) is 71.5 cm³/mol. The fourth-order valence-corrected chi connectivity index (χ4v) is 2.14. The van der Waals surface area contributed by atoms with E-state index in [-0.39, 0.29) is 10.0 Å². The molecule has 0 spiro atoms. The van der Waals surface area contributed by atoms with E-state index in [1.807, 2.05) is 0 Å². The summed E-state index contributed by atoms with van der Waals surface area (Å²) in [6.07, 6.45) is 0. The number of halogens is 4. The van der Waals surface area contributed by atoms with Gasteiger partial charge in [0.25, 0.3) is 0 Å². The summed E-state index contributed by atoms with van der Waals surface area (Å²) in [5.41, 5.74) is 6.33. The minimum Gasteiger partial charge on any atom is -0.320 e. The Morgan fingerprint density at radius 1 is 1.06 bits per heavy atom. The molecule has 0 aliphatic rings. The van der Waals surface area contributed by atoms with Crippen molar-refractivity contribution in [3.63, 3.8) is 0 Å². The first-order chi connectivity index (χ1) is 8.50. The van der Waals surface area contributed by atoms with Crippen LogP contribution in [0.5, 0.6) is 0 Å². The Morgan fingerprint density at radius 2 is 1.67 bits per heavy atom. The highest BCUT2D eigenvalue weighted by Gasteiger charge is 2.20. The molecule has 0 radical (unpaired) electrons. The summed E-state index contributed by atoms with van der Waals surface area (Å²) in [6, 6.07) is 8.16. The van der Waals surface area contributed by atoms with Crippen molar-refractivity contribution < 1.29 is 8.78 Å². The maximum atomic E-state index is 13.9. The van der Waals surface area contributed by atoms with Gasteiger partial charge in [0.05, 0.1) is 10.5 Å². The van der Waals surface area contributed by atoms with Gasteiger partial charge in [0, 0.05) is 10.6 Å². The molecule has 1 nitrogen and oxygen atoms in total. The summed E-state index contributed by atoms with van der Waals surface area (Å²) in [7, 11) is 0. The minimum absolute atomic E-state index is 0.160. The molecule has 2 N–H and O–H groups in total. The van der Waals surface area contributed by atoms with Gasteiger partial charge in [-0.2, -0.15) is 0 Å². The van der Waals surface area contributed by atoms with Gasteiger partial charge in [-0.25, -0.2) is 8.78 Å². The van der Waals surface area contributed by atoms with Gasteiger partial charge >= 0.3 is 0 Å². The largest absolute Gasteiger partial charge is 0.320 e. The second-order valence-corrected chi connectivity index (χ2v) is 5.08. The van der Waals surface area contributed by atoms with Gasteiger partial charge in [0.15, 0.2) is 0 Å². The molecular weight excluding hydrogens is 324 g/mol. The predicted octanol–water partition coefficient (Wildman–Crippen LogP) is 4.43. The molecule has 0 saturated heterocycles. The van der Waals surface area contributed by atoms with Crippen molar-refractivity contribution >= 4 is 27.5 Å². The molecule has 0 amide bonds. The third-order valence-corrected chi connectivity index (χ3v) is 3.48. The summed E-state index contributed by atoms with van der Waals surface area (Å²) in [5, 5.41) is 0.543. The van der Waals surface area contributed by atoms with Gasteiger partial charge in [-0.1, -0.05) is 23.7 Å². The van der Waals surface area contributed by atoms with Gasteiger partial charge in [0.1, 0.15) is 11.6 Å². The van der Waals surface area contributed by atoms with Gasteiger partial charge in [-0.05, 0) is 45.8 Å². The molecule has 0 aliphatic carbocycles. The average Bonchev–Trinajstić information content (AvgIpc) is 2.35. The van der Waals surface area contributed by atoms with E-state index in [9.17, 15) is 8.78 Å². The monoisotopic (exact) mass is 331 g/mol. The third kappa shape index (κ3) is 2.55. The SMILES string of the molecule is NC(c1ccc(Cl)cc1)c1c(F)ccc(Br)c1F. The van der Waals surface area contributed by atoms with E-state index in [1.54, 1.807) is 24.3 Å². The Kier molecular flexibility index (Phi) is 4.00. The van der Waals surface area contributed by atoms with E-state index in [0.717, 1.165) is 0 Å². The Hall–Kier alpha value is -0.970. The van der Waals surface area contributed by atoms with Crippen molar-refractivity contribution in [1.82, 2.24) is 0 Å². The lowest BCUT2D eigenvalue weighted by Crippen LogP contribution is -2.15. The van der Waals surface area contributed by atoms with Crippen molar-refractivity contribution in [1.29, 1.82) is 0 Å². The van der Waals surface area contributed by atoms with Crippen molar-refractivity contribution in [3.05, 3.63) is 68.7 Å². The minimum atomic E-state index is -0.875. The van der Waals surface area contributed by atoms with Crippen molar-refractivity contribution in [2.75, 3.05) is 0 Å². The third-order valence-electron chi connectivity index (χ3n) is 2.62. The van der Waals surface area contributed by atoms with E-state index >= 15 is 0 Å². The fraction of sp³-hybridized carbons (Fsp3) is 0.0769. The molecule has 2 rings (SSSR count). The van der Waals surface area contributed by atoms with Crippen LogP contribution in [0.4, 0.5) is 8.78 Å². The van der Waals surface area contributed by atoms with Crippen molar-refractivity contribution in [2.24, 2.45) is 5.73 Å². The Bertz CT molecular complexity index is 572. The Labute approximate surface area is 117 Å². The lowest BCUT2D eigenvalue weighted by molar-refractivity contribution is 0.539. The van der Waals surface area contributed by atoms with E-state index in [1.165, 1.54) is 12.1 Å². The lowest BCUT2D eigenvalue weighted by atomic mass is 9.99. The van der Waals surface area contributed by atoms with Crippen LogP contribution in [0, 0.1) is 11.6 Å². The van der Waals surface area contributed by atoms with E-state index in [2.05, 4.69) is 15.9 Å². The fourth-order valence-electron chi connectivity index (χ4n) is 1.66. The summed E-state index contributed by atoms with van der Waals surface area (Å²) >= 11 is 8.77. The molecule has 0 fully saturated rings. The highest BCUT2D eigenvalue weighted by Crippen LogP contribution is 2.29. The zero-order valence-electron chi connectivity index (χ0n) is 9.13. The van der Waals surface area contributed by atoms with Crippen molar-refractivity contribution in [2.45, 2.75) is 6.04 Å².